The van der Waals surface area contributed by atoms with Crippen molar-refractivity contribution in [3.63, 3.8) is 0 Å². The van der Waals surface area contributed by atoms with Crippen LogP contribution in [-0.2, 0) is 11.0 Å². The fourth-order valence-electron chi connectivity index (χ4n) is 1.55. The molecule has 0 radical (unpaired) electrons. The van der Waals surface area contributed by atoms with Crippen LogP contribution in [0, 0.1) is 0 Å². The molecule has 1 rings (SSSR count). The molecule has 0 aliphatic heterocycles. The third-order valence-corrected chi connectivity index (χ3v) is 2.50. The van der Waals surface area contributed by atoms with Crippen LogP contribution in [0.2, 0.25) is 0 Å². The van der Waals surface area contributed by atoms with Crippen molar-refractivity contribution >= 4 is 11.9 Å². The van der Waals surface area contributed by atoms with Gasteiger partial charge in [-0.3, -0.25) is 4.79 Å². The summed E-state index contributed by atoms with van der Waals surface area (Å²) in [6.45, 7) is -0.516. The Hall–Kier alpha value is -2.09. The second-order valence-corrected chi connectivity index (χ2v) is 3.92. The van der Waals surface area contributed by atoms with Gasteiger partial charge in [-0.1, -0.05) is 12.1 Å². The smallest absolute Gasteiger partial charge is 0.417 e. The number of amides is 1. The number of aliphatic hydroxyl groups is 1. The van der Waals surface area contributed by atoms with Crippen LogP contribution in [0.4, 0.5) is 13.2 Å². The lowest BCUT2D eigenvalue weighted by Crippen LogP contribution is -2.42. The zero-order chi connectivity index (χ0) is 15.3. The number of alkyl halides is 3. The van der Waals surface area contributed by atoms with E-state index in [0.29, 0.717) is 0 Å². The highest BCUT2D eigenvalue weighted by Gasteiger charge is 2.35. The molecule has 110 valence electrons. The minimum Gasteiger partial charge on any atom is -0.480 e. The lowest BCUT2D eigenvalue weighted by molar-refractivity contribution is -0.139. The summed E-state index contributed by atoms with van der Waals surface area (Å²) in [5.74, 6) is -2.59. The van der Waals surface area contributed by atoms with Gasteiger partial charge in [-0.15, -0.1) is 0 Å². The molecular formula is C12H12F3NO4. The Morgan fingerprint density at radius 2 is 1.85 bits per heavy atom. The molecule has 0 saturated heterocycles. The van der Waals surface area contributed by atoms with E-state index < -0.39 is 41.8 Å². The number of hydrogen-bond donors (Lipinski definition) is 3. The minimum absolute atomic E-state index is 0.296. The van der Waals surface area contributed by atoms with E-state index in [0.717, 1.165) is 18.2 Å². The molecule has 0 aliphatic carbocycles. The van der Waals surface area contributed by atoms with Crippen LogP contribution in [0.25, 0.3) is 0 Å². The van der Waals surface area contributed by atoms with Crippen LogP contribution in [0.1, 0.15) is 22.3 Å². The maximum absolute atomic E-state index is 12.7. The average molecular weight is 291 g/mol. The van der Waals surface area contributed by atoms with Gasteiger partial charge in [-0.2, -0.15) is 13.2 Å². The van der Waals surface area contributed by atoms with Crippen LogP contribution in [-0.4, -0.2) is 34.7 Å². The van der Waals surface area contributed by atoms with E-state index in [1.54, 1.807) is 0 Å². The molecule has 0 aliphatic rings. The normalized spacial score (nSPS) is 12.8. The summed E-state index contributed by atoms with van der Waals surface area (Å²) in [5.41, 5.74) is -1.81. The van der Waals surface area contributed by atoms with Gasteiger partial charge in [0.2, 0.25) is 0 Å². The van der Waals surface area contributed by atoms with Crippen LogP contribution >= 0.6 is 0 Å². The highest BCUT2D eigenvalue weighted by molar-refractivity contribution is 5.98. The summed E-state index contributed by atoms with van der Waals surface area (Å²) in [4.78, 5) is 22.5. The Balaban J connectivity index is 3.01. The van der Waals surface area contributed by atoms with Gasteiger partial charge in [0.1, 0.15) is 6.04 Å². The van der Waals surface area contributed by atoms with E-state index in [-0.39, 0.29) is 6.42 Å². The highest BCUT2D eigenvalue weighted by atomic mass is 19.4. The van der Waals surface area contributed by atoms with E-state index in [9.17, 15) is 22.8 Å². The van der Waals surface area contributed by atoms with Gasteiger partial charge >= 0.3 is 12.1 Å². The first-order valence-corrected chi connectivity index (χ1v) is 5.58. The van der Waals surface area contributed by atoms with E-state index in [2.05, 4.69) is 0 Å². The fourth-order valence-corrected chi connectivity index (χ4v) is 1.55. The van der Waals surface area contributed by atoms with Gasteiger partial charge in [0.05, 0.1) is 11.1 Å². The van der Waals surface area contributed by atoms with Crippen LogP contribution in [0.3, 0.4) is 0 Å². The van der Waals surface area contributed by atoms with Gasteiger partial charge < -0.3 is 15.5 Å². The molecule has 0 spiro atoms. The van der Waals surface area contributed by atoms with Crippen LogP contribution in [0.15, 0.2) is 24.3 Å². The SMILES string of the molecule is O=C(NC(CCO)C(=O)O)c1ccccc1C(F)(F)F. The molecule has 1 amide bonds. The van der Waals surface area contributed by atoms with Crippen molar-refractivity contribution in [3.8, 4) is 0 Å². The maximum Gasteiger partial charge on any atom is 0.417 e. The lowest BCUT2D eigenvalue weighted by Gasteiger charge is -2.16. The molecule has 20 heavy (non-hydrogen) atoms. The van der Waals surface area contributed by atoms with Crippen molar-refractivity contribution in [3.05, 3.63) is 35.4 Å². The first kappa shape index (κ1) is 16.0. The predicted molar refractivity (Wildman–Crippen MR) is 62.0 cm³/mol. The third kappa shape index (κ3) is 3.95. The van der Waals surface area contributed by atoms with Gasteiger partial charge in [0, 0.05) is 13.0 Å². The molecule has 0 bridgehead atoms. The summed E-state index contributed by atoms with van der Waals surface area (Å²) in [6, 6.07) is 2.61. The maximum atomic E-state index is 12.7. The minimum atomic E-state index is -4.72. The van der Waals surface area contributed by atoms with Crippen LogP contribution in [0.5, 0.6) is 0 Å². The summed E-state index contributed by atoms with van der Waals surface area (Å²) in [5, 5.41) is 19.4. The Morgan fingerprint density at radius 3 is 2.35 bits per heavy atom. The topological polar surface area (TPSA) is 86.6 Å². The Labute approximate surface area is 112 Å². The fraction of sp³-hybridized carbons (Fsp3) is 0.333. The second-order valence-electron chi connectivity index (χ2n) is 3.92. The molecule has 0 heterocycles. The molecule has 0 fully saturated rings. The number of carboxylic acid groups (broad SMARTS) is 1. The number of carbonyl (C=O) groups excluding carboxylic acids is 1. The summed E-state index contributed by atoms with van der Waals surface area (Å²) < 4.78 is 38.1. The zero-order valence-corrected chi connectivity index (χ0v) is 10.1. The second kappa shape index (κ2) is 6.38. The number of carboxylic acids is 1. The van der Waals surface area contributed by atoms with E-state index in [1.807, 2.05) is 5.32 Å². The number of carbonyl (C=O) groups is 2. The molecule has 0 aromatic heterocycles. The van der Waals surface area contributed by atoms with Gasteiger partial charge in [0.25, 0.3) is 5.91 Å². The number of aliphatic hydroxyl groups excluding tert-OH is 1. The molecule has 0 saturated carbocycles. The first-order chi connectivity index (χ1) is 9.27. The first-order valence-electron chi connectivity index (χ1n) is 5.58. The summed E-state index contributed by atoms with van der Waals surface area (Å²) >= 11 is 0. The summed E-state index contributed by atoms with van der Waals surface area (Å²) in [6.07, 6.45) is -5.01. The number of hydrogen-bond acceptors (Lipinski definition) is 3. The number of nitrogens with one attached hydrogen (secondary N) is 1. The molecule has 1 atom stereocenters. The highest BCUT2D eigenvalue weighted by Crippen LogP contribution is 2.31. The number of rotatable bonds is 5. The Kier molecular flexibility index (Phi) is 5.09. The Morgan fingerprint density at radius 1 is 1.25 bits per heavy atom. The van der Waals surface area contributed by atoms with Crippen LogP contribution < -0.4 is 5.32 Å². The van der Waals surface area contributed by atoms with Crippen molar-refractivity contribution < 1.29 is 33.0 Å². The molecular weight excluding hydrogens is 279 g/mol. The monoisotopic (exact) mass is 291 g/mol. The van der Waals surface area contributed by atoms with Gasteiger partial charge in [-0.05, 0) is 12.1 Å². The molecule has 1 aromatic carbocycles. The number of benzene rings is 1. The Bertz CT molecular complexity index is 502. The molecule has 1 aromatic rings. The van der Waals surface area contributed by atoms with Crippen molar-refractivity contribution in [2.75, 3.05) is 6.61 Å². The van der Waals surface area contributed by atoms with Crippen molar-refractivity contribution in [1.29, 1.82) is 0 Å². The molecule has 1 unspecified atom stereocenters. The van der Waals surface area contributed by atoms with E-state index in [1.165, 1.54) is 6.07 Å². The zero-order valence-electron chi connectivity index (χ0n) is 10.1. The molecule has 8 heteroatoms. The predicted octanol–water partition coefficient (Wildman–Crippen LogP) is 1.27. The summed E-state index contributed by atoms with van der Waals surface area (Å²) in [7, 11) is 0. The van der Waals surface area contributed by atoms with Gasteiger partial charge in [0.15, 0.2) is 0 Å². The standard InChI is InChI=1S/C12H12F3NO4/c13-12(14,15)8-4-2-1-3-7(8)10(18)16-9(5-6-17)11(19)20/h1-4,9,17H,5-6H2,(H,16,18)(H,19,20). The third-order valence-electron chi connectivity index (χ3n) is 2.50. The van der Waals surface area contributed by atoms with Crippen molar-refractivity contribution in [1.82, 2.24) is 5.32 Å². The quantitative estimate of drug-likeness (QED) is 0.762. The molecule has 5 nitrogen and oxygen atoms in total. The number of halogens is 3. The van der Waals surface area contributed by atoms with Gasteiger partial charge in [-0.25, -0.2) is 4.79 Å². The largest absolute Gasteiger partial charge is 0.480 e. The van der Waals surface area contributed by atoms with Crippen molar-refractivity contribution in [2.24, 2.45) is 0 Å². The average Bonchev–Trinajstić information content (AvgIpc) is 2.37. The number of aliphatic carboxylic acids is 1. The van der Waals surface area contributed by atoms with E-state index in [4.69, 9.17) is 10.2 Å². The molecule has 3 N–H and O–H groups in total. The lowest BCUT2D eigenvalue weighted by atomic mass is 10.1. The van der Waals surface area contributed by atoms with E-state index >= 15 is 0 Å². The van der Waals surface area contributed by atoms with Crippen molar-refractivity contribution in [2.45, 2.75) is 18.6 Å².